The first-order valence-electron chi connectivity index (χ1n) is 8.81. The van der Waals surface area contributed by atoms with E-state index in [1.807, 2.05) is 26.0 Å². The van der Waals surface area contributed by atoms with Crippen molar-refractivity contribution in [3.63, 3.8) is 0 Å². The summed E-state index contributed by atoms with van der Waals surface area (Å²) in [5, 5.41) is 0. The van der Waals surface area contributed by atoms with E-state index in [9.17, 15) is 9.59 Å². The number of aryl methyl sites for hydroxylation is 2. The lowest BCUT2D eigenvalue weighted by Crippen LogP contribution is -2.50. The zero-order chi connectivity index (χ0) is 18.0. The van der Waals surface area contributed by atoms with E-state index in [0.29, 0.717) is 39.1 Å². The van der Waals surface area contributed by atoms with E-state index in [-0.39, 0.29) is 18.4 Å². The van der Waals surface area contributed by atoms with Crippen LogP contribution < -0.4 is 4.90 Å². The average Bonchev–Trinajstić information content (AvgIpc) is 3.00. The zero-order valence-electron chi connectivity index (χ0n) is 15.2. The summed E-state index contributed by atoms with van der Waals surface area (Å²) in [5.74, 6) is -0.665. The topological polar surface area (TPSA) is 59.1 Å². The first-order chi connectivity index (χ1) is 11.9. The predicted molar refractivity (Wildman–Crippen MR) is 94.4 cm³/mol. The Hall–Kier alpha value is -1.92. The molecule has 1 aromatic rings. The Bertz CT molecular complexity index is 637. The number of carbonyl (C=O) groups excluding carboxylic acids is 2. The van der Waals surface area contributed by atoms with Crippen LogP contribution in [0.4, 0.5) is 5.69 Å². The van der Waals surface area contributed by atoms with Crippen LogP contribution in [0.25, 0.3) is 0 Å². The first-order valence-corrected chi connectivity index (χ1v) is 8.81. The van der Waals surface area contributed by atoms with Crippen molar-refractivity contribution in [3.8, 4) is 0 Å². The molecule has 1 aromatic carbocycles. The molecular formula is C19H26N2O4. The monoisotopic (exact) mass is 346 g/mol. The fraction of sp³-hybridized carbons (Fsp3) is 0.579. The fourth-order valence-corrected chi connectivity index (χ4v) is 3.61. The van der Waals surface area contributed by atoms with Crippen LogP contribution in [0.1, 0.15) is 30.9 Å². The molecule has 0 radical (unpaired) electrons. The number of benzene rings is 1. The molecule has 0 unspecified atom stereocenters. The smallest absolute Gasteiger partial charge is 0.242 e. The highest BCUT2D eigenvalue weighted by Gasteiger charge is 2.40. The number of anilines is 1. The SMILES string of the molecule is CC(=O)N(CC(=O)N1CCC2(CC1)OCCO2)c1cc(C)cc(C)c1. The lowest BCUT2D eigenvalue weighted by molar-refractivity contribution is -0.187. The van der Waals surface area contributed by atoms with Crippen molar-refractivity contribution < 1.29 is 19.1 Å². The molecule has 0 aromatic heterocycles. The second-order valence-electron chi connectivity index (χ2n) is 6.94. The van der Waals surface area contributed by atoms with Gasteiger partial charge in [0.25, 0.3) is 0 Å². The third-order valence-corrected chi connectivity index (χ3v) is 4.88. The molecule has 2 aliphatic heterocycles. The summed E-state index contributed by atoms with van der Waals surface area (Å²) in [5.41, 5.74) is 2.92. The van der Waals surface area contributed by atoms with Gasteiger partial charge in [-0.2, -0.15) is 0 Å². The average molecular weight is 346 g/mol. The minimum atomic E-state index is -0.495. The molecule has 6 heteroatoms. The van der Waals surface area contributed by atoms with Crippen molar-refractivity contribution in [1.29, 1.82) is 0 Å². The highest BCUT2D eigenvalue weighted by Crippen LogP contribution is 2.31. The summed E-state index contributed by atoms with van der Waals surface area (Å²) in [7, 11) is 0. The maximum atomic E-state index is 12.7. The largest absolute Gasteiger partial charge is 0.347 e. The first kappa shape index (κ1) is 17.9. The molecule has 3 rings (SSSR count). The third-order valence-electron chi connectivity index (χ3n) is 4.88. The van der Waals surface area contributed by atoms with Gasteiger partial charge in [0.05, 0.1) is 13.2 Å². The summed E-state index contributed by atoms with van der Waals surface area (Å²) in [4.78, 5) is 28.2. The minimum Gasteiger partial charge on any atom is -0.347 e. The number of piperidine rings is 1. The van der Waals surface area contributed by atoms with Crippen LogP contribution in [0.5, 0.6) is 0 Å². The molecule has 136 valence electrons. The van der Waals surface area contributed by atoms with E-state index in [1.165, 1.54) is 6.92 Å². The van der Waals surface area contributed by atoms with Gasteiger partial charge in [-0.1, -0.05) is 6.07 Å². The molecule has 2 amide bonds. The van der Waals surface area contributed by atoms with Crippen LogP contribution in [0.3, 0.4) is 0 Å². The molecule has 2 saturated heterocycles. The number of carbonyl (C=O) groups is 2. The van der Waals surface area contributed by atoms with E-state index in [0.717, 1.165) is 16.8 Å². The quantitative estimate of drug-likeness (QED) is 0.840. The fourth-order valence-electron chi connectivity index (χ4n) is 3.61. The van der Waals surface area contributed by atoms with Gasteiger partial charge >= 0.3 is 0 Å². The number of likely N-dealkylation sites (tertiary alicyclic amines) is 1. The molecule has 25 heavy (non-hydrogen) atoms. The summed E-state index contributed by atoms with van der Waals surface area (Å²) in [6.07, 6.45) is 1.37. The van der Waals surface area contributed by atoms with E-state index >= 15 is 0 Å². The van der Waals surface area contributed by atoms with Gasteiger partial charge in [0.15, 0.2) is 5.79 Å². The van der Waals surface area contributed by atoms with Crippen molar-refractivity contribution in [2.24, 2.45) is 0 Å². The zero-order valence-corrected chi connectivity index (χ0v) is 15.2. The summed E-state index contributed by atoms with van der Waals surface area (Å²) >= 11 is 0. The number of hydrogen-bond acceptors (Lipinski definition) is 4. The van der Waals surface area contributed by atoms with Gasteiger partial charge in [0, 0.05) is 38.5 Å². The number of rotatable bonds is 3. The van der Waals surface area contributed by atoms with Gasteiger partial charge in [-0.3, -0.25) is 9.59 Å². The van der Waals surface area contributed by atoms with Crippen LogP contribution in [-0.4, -0.2) is 55.3 Å². The van der Waals surface area contributed by atoms with Gasteiger partial charge in [0.1, 0.15) is 6.54 Å². The Morgan fingerprint density at radius 3 is 2.16 bits per heavy atom. The molecule has 1 spiro atoms. The van der Waals surface area contributed by atoms with Crippen LogP contribution >= 0.6 is 0 Å². The Morgan fingerprint density at radius 1 is 1.08 bits per heavy atom. The second-order valence-corrected chi connectivity index (χ2v) is 6.94. The van der Waals surface area contributed by atoms with Gasteiger partial charge in [0.2, 0.25) is 11.8 Å². The van der Waals surface area contributed by atoms with Gasteiger partial charge in [-0.15, -0.1) is 0 Å². The third kappa shape index (κ3) is 4.02. The molecule has 2 fully saturated rings. The number of ether oxygens (including phenoxy) is 2. The van der Waals surface area contributed by atoms with Crippen molar-refractivity contribution in [2.75, 3.05) is 37.7 Å². The molecule has 0 N–H and O–H groups in total. The summed E-state index contributed by atoms with van der Waals surface area (Å²) in [6.45, 7) is 7.97. The molecular weight excluding hydrogens is 320 g/mol. The highest BCUT2D eigenvalue weighted by atomic mass is 16.7. The van der Waals surface area contributed by atoms with Crippen LogP contribution in [0.2, 0.25) is 0 Å². The van der Waals surface area contributed by atoms with E-state index in [2.05, 4.69) is 6.07 Å². The van der Waals surface area contributed by atoms with Crippen molar-refractivity contribution in [3.05, 3.63) is 29.3 Å². The molecule has 0 saturated carbocycles. The van der Waals surface area contributed by atoms with Gasteiger partial charge in [-0.25, -0.2) is 0 Å². The Morgan fingerprint density at radius 2 is 1.64 bits per heavy atom. The standard InChI is InChI=1S/C19H26N2O4/c1-14-10-15(2)12-17(11-14)21(16(3)22)13-18(23)20-6-4-19(5-7-20)24-8-9-25-19/h10-12H,4-9,13H2,1-3H3. The van der Waals surface area contributed by atoms with Crippen LogP contribution in [-0.2, 0) is 19.1 Å². The normalized spacial score (nSPS) is 19.2. The Labute approximate surface area is 148 Å². The van der Waals surface area contributed by atoms with Crippen LogP contribution in [0, 0.1) is 13.8 Å². The van der Waals surface area contributed by atoms with E-state index < -0.39 is 5.79 Å². The maximum absolute atomic E-state index is 12.7. The Balaban J connectivity index is 1.66. The summed E-state index contributed by atoms with van der Waals surface area (Å²) < 4.78 is 11.4. The molecule has 6 nitrogen and oxygen atoms in total. The molecule has 0 aliphatic carbocycles. The summed E-state index contributed by atoms with van der Waals surface area (Å²) in [6, 6.07) is 5.93. The van der Waals surface area contributed by atoms with Crippen molar-refractivity contribution in [2.45, 2.75) is 39.4 Å². The highest BCUT2D eigenvalue weighted by molar-refractivity contribution is 5.97. The van der Waals surface area contributed by atoms with E-state index in [4.69, 9.17) is 9.47 Å². The van der Waals surface area contributed by atoms with Crippen LogP contribution in [0.15, 0.2) is 18.2 Å². The molecule has 0 atom stereocenters. The second kappa shape index (κ2) is 7.14. The predicted octanol–water partition coefficient (Wildman–Crippen LogP) is 2.02. The van der Waals surface area contributed by atoms with E-state index in [1.54, 1.807) is 9.80 Å². The maximum Gasteiger partial charge on any atom is 0.242 e. The van der Waals surface area contributed by atoms with Gasteiger partial charge < -0.3 is 19.3 Å². The molecule has 2 aliphatic rings. The number of nitrogens with zero attached hydrogens (tertiary/aromatic N) is 2. The molecule has 2 heterocycles. The van der Waals surface area contributed by atoms with Gasteiger partial charge in [-0.05, 0) is 37.1 Å². The van der Waals surface area contributed by atoms with Crippen molar-refractivity contribution >= 4 is 17.5 Å². The lowest BCUT2D eigenvalue weighted by Gasteiger charge is -2.38. The number of amides is 2. The Kier molecular flexibility index (Phi) is 5.11. The lowest BCUT2D eigenvalue weighted by atomic mass is 10.0. The number of hydrogen-bond donors (Lipinski definition) is 0. The minimum absolute atomic E-state index is 0.0396. The molecule has 0 bridgehead atoms. The van der Waals surface area contributed by atoms with Crippen molar-refractivity contribution in [1.82, 2.24) is 4.90 Å².